The van der Waals surface area contributed by atoms with Gasteiger partial charge < -0.3 is 10.6 Å². The Kier molecular flexibility index (Phi) is 5.32. The van der Waals surface area contributed by atoms with Crippen LogP contribution in [0.4, 0.5) is 15.8 Å². The van der Waals surface area contributed by atoms with Crippen LogP contribution in [0.25, 0.3) is 0 Å². The van der Waals surface area contributed by atoms with Crippen molar-refractivity contribution < 1.29 is 4.39 Å². The minimum absolute atomic E-state index is 0.279. The smallest absolute Gasteiger partial charge is 0.175 e. The lowest BCUT2D eigenvalue weighted by molar-refractivity contribution is 0.628. The molecule has 0 fully saturated rings. The molecule has 0 radical (unpaired) electrons. The van der Waals surface area contributed by atoms with E-state index in [1.54, 1.807) is 12.1 Å². The fourth-order valence-corrected chi connectivity index (χ4v) is 2.93. The zero-order valence-corrected chi connectivity index (χ0v) is 15.8. The lowest BCUT2D eigenvalue weighted by atomic mass is 10.1. The number of aromatic nitrogens is 2. The number of benzene rings is 2. The van der Waals surface area contributed by atoms with Gasteiger partial charge in [0.1, 0.15) is 5.82 Å². The van der Waals surface area contributed by atoms with Crippen LogP contribution in [0.3, 0.4) is 0 Å². The largest absolute Gasteiger partial charge is 0.332 e. The third kappa shape index (κ3) is 4.26. The monoisotopic (exact) mass is 368 g/mol. The molecule has 4 nitrogen and oxygen atoms in total. The van der Waals surface area contributed by atoms with Crippen molar-refractivity contribution >= 4 is 28.7 Å². The van der Waals surface area contributed by atoms with Gasteiger partial charge in [0.15, 0.2) is 5.11 Å². The van der Waals surface area contributed by atoms with Crippen molar-refractivity contribution in [3.8, 4) is 0 Å². The fraction of sp³-hybridized carbons (Fsp3) is 0.200. The van der Waals surface area contributed by atoms with Crippen LogP contribution in [0.2, 0.25) is 0 Å². The molecule has 2 aromatic carbocycles. The molecule has 1 aromatic heterocycles. The highest BCUT2D eigenvalue weighted by molar-refractivity contribution is 7.80. The van der Waals surface area contributed by atoms with E-state index in [4.69, 9.17) is 12.2 Å². The molecule has 0 saturated heterocycles. The summed E-state index contributed by atoms with van der Waals surface area (Å²) >= 11 is 5.37. The molecule has 0 aliphatic rings. The molecule has 0 amide bonds. The molecule has 3 rings (SSSR count). The van der Waals surface area contributed by atoms with Gasteiger partial charge in [-0.15, -0.1) is 0 Å². The summed E-state index contributed by atoms with van der Waals surface area (Å²) in [4.78, 5) is 0. The van der Waals surface area contributed by atoms with Crippen LogP contribution >= 0.6 is 12.2 Å². The molecule has 0 unspecified atom stereocenters. The molecule has 2 N–H and O–H groups in total. The minimum Gasteiger partial charge on any atom is -0.332 e. The summed E-state index contributed by atoms with van der Waals surface area (Å²) in [5.41, 5.74) is 5.92. The van der Waals surface area contributed by atoms with Crippen LogP contribution in [0.5, 0.6) is 0 Å². The first kappa shape index (κ1) is 18.1. The van der Waals surface area contributed by atoms with Crippen molar-refractivity contribution in [2.45, 2.75) is 27.3 Å². The Balaban J connectivity index is 1.71. The Labute approximate surface area is 158 Å². The first-order chi connectivity index (χ1) is 12.4. The van der Waals surface area contributed by atoms with E-state index in [1.165, 1.54) is 23.3 Å². The molecule has 1 heterocycles. The average Bonchev–Trinajstić information content (AvgIpc) is 2.86. The normalized spacial score (nSPS) is 10.6. The molecule has 6 heteroatoms. The summed E-state index contributed by atoms with van der Waals surface area (Å²) in [5, 5.41) is 11.3. The SMILES string of the molecule is Cc1ccc(Cn2nc(C)c(NC(=S)Nc3ccc(F)cc3)c2C)cc1. The van der Waals surface area contributed by atoms with Crippen LogP contribution in [0.15, 0.2) is 48.5 Å². The second-order valence-electron chi connectivity index (χ2n) is 6.28. The molecular formula is C20H21FN4S. The third-order valence-electron chi connectivity index (χ3n) is 4.18. The number of nitrogens with zero attached hydrogens (tertiary/aromatic N) is 2. The number of aryl methyl sites for hydroxylation is 2. The maximum absolute atomic E-state index is 13.0. The molecule has 0 aliphatic heterocycles. The molecular weight excluding hydrogens is 347 g/mol. The zero-order chi connectivity index (χ0) is 18.7. The Morgan fingerprint density at radius 3 is 2.31 bits per heavy atom. The number of nitrogens with one attached hydrogen (secondary N) is 2. The standard InChI is InChI=1S/C20H21FN4S/c1-13-4-6-16(7-5-13)12-25-15(3)19(14(2)24-25)23-20(26)22-18-10-8-17(21)9-11-18/h4-11H,12H2,1-3H3,(H2,22,23,26). The van der Waals surface area contributed by atoms with Gasteiger partial charge in [-0.25, -0.2) is 4.39 Å². The van der Waals surface area contributed by atoms with Gasteiger partial charge in [0.25, 0.3) is 0 Å². The summed E-state index contributed by atoms with van der Waals surface area (Å²) in [7, 11) is 0. The maximum atomic E-state index is 13.0. The van der Waals surface area contributed by atoms with Gasteiger partial charge in [-0.3, -0.25) is 4.68 Å². The number of rotatable bonds is 4. The summed E-state index contributed by atoms with van der Waals surface area (Å²) in [6.45, 7) is 6.73. The quantitative estimate of drug-likeness (QED) is 0.649. The number of hydrogen-bond donors (Lipinski definition) is 2. The topological polar surface area (TPSA) is 41.9 Å². The lowest BCUT2D eigenvalue weighted by Gasteiger charge is -2.11. The van der Waals surface area contributed by atoms with Gasteiger partial charge in [0.05, 0.1) is 23.6 Å². The molecule has 0 saturated carbocycles. The van der Waals surface area contributed by atoms with E-state index in [0.717, 1.165) is 22.8 Å². The van der Waals surface area contributed by atoms with Crippen LogP contribution in [-0.4, -0.2) is 14.9 Å². The van der Waals surface area contributed by atoms with Crippen LogP contribution in [0, 0.1) is 26.6 Å². The van der Waals surface area contributed by atoms with Crippen molar-refractivity contribution in [2.24, 2.45) is 0 Å². The molecule has 3 aromatic rings. The predicted molar refractivity (Wildman–Crippen MR) is 108 cm³/mol. The van der Waals surface area contributed by atoms with Crippen LogP contribution < -0.4 is 10.6 Å². The molecule has 0 bridgehead atoms. The van der Waals surface area contributed by atoms with Gasteiger partial charge in [0.2, 0.25) is 0 Å². The molecule has 134 valence electrons. The second-order valence-corrected chi connectivity index (χ2v) is 6.68. The molecule has 0 spiro atoms. The van der Waals surface area contributed by atoms with E-state index in [0.29, 0.717) is 11.7 Å². The Bertz CT molecular complexity index is 914. The van der Waals surface area contributed by atoms with E-state index in [9.17, 15) is 4.39 Å². The number of thiocarbonyl (C=S) groups is 1. The fourth-order valence-electron chi connectivity index (χ4n) is 2.71. The van der Waals surface area contributed by atoms with Gasteiger partial charge in [-0.05, 0) is 62.8 Å². The second kappa shape index (κ2) is 7.66. The third-order valence-corrected chi connectivity index (χ3v) is 4.38. The number of hydrogen-bond acceptors (Lipinski definition) is 2. The summed E-state index contributed by atoms with van der Waals surface area (Å²) in [6, 6.07) is 14.5. The van der Waals surface area contributed by atoms with Crippen molar-refractivity contribution in [1.29, 1.82) is 0 Å². The first-order valence-corrected chi connectivity index (χ1v) is 8.76. The predicted octanol–water partition coefficient (Wildman–Crippen LogP) is 4.80. The highest BCUT2D eigenvalue weighted by Crippen LogP contribution is 2.21. The zero-order valence-electron chi connectivity index (χ0n) is 15.0. The average molecular weight is 368 g/mol. The highest BCUT2D eigenvalue weighted by Gasteiger charge is 2.13. The summed E-state index contributed by atoms with van der Waals surface area (Å²) in [5.74, 6) is -0.279. The van der Waals surface area contributed by atoms with Gasteiger partial charge in [-0.1, -0.05) is 29.8 Å². The van der Waals surface area contributed by atoms with Gasteiger partial charge in [0, 0.05) is 5.69 Å². The van der Waals surface area contributed by atoms with E-state index in [1.807, 2.05) is 18.5 Å². The number of anilines is 2. The van der Waals surface area contributed by atoms with Crippen LogP contribution in [-0.2, 0) is 6.54 Å². The first-order valence-electron chi connectivity index (χ1n) is 8.35. The van der Waals surface area contributed by atoms with E-state index < -0.39 is 0 Å². The molecule has 0 aliphatic carbocycles. The Morgan fingerprint density at radius 2 is 1.65 bits per heavy atom. The Hall–Kier alpha value is -2.73. The maximum Gasteiger partial charge on any atom is 0.175 e. The molecule has 26 heavy (non-hydrogen) atoms. The number of halogens is 1. The van der Waals surface area contributed by atoms with E-state index in [-0.39, 0.29) is 5.82 Å². The summed E-state index contributed by atoms with van der Waals surface area (Å²) in [6.07, 6.45) is 0. The van der Waals surface area contributed by atoms with Crippen molar-refractivity contribution in [2.75, 3.05) is 10.6 Å². The lowest BCUT2D eigenvalue weighted by Crippen LogP contribution is -2.20. The van der Waals surface area contributed by atoms with E-state index in [2.05, 4.69) is 46.9 Å². The van der Waals surface area contributed by atoms with Gasteiger partial charge >= 0.3 is 0 Å². The van der Waals surface area contributed by atoms with Crippen LogP contribution in [0.1, 0.15) is 22.5 Å². The van der Waals surface area contributed by atoms with Crippen molar-refractivity contribution in [3.05, 3.63) is 76.9 Å². The molecule has 0 atom stereocenters. The Morgan fingerprint density at radius 1 is 1.00 bits per heavy atom. The van der Waals surface area contributed by atoms with Crippen molar-refractivity contribution in [1.82, 2.24) is 9.78 Å². The van der Waals surface area contributed by atoms with Crippen molar-refractivity contribution in [3.63, 3.8) is 0 Å². The van der Waals surface area contributed by atoms with E-state index >= 15 is 0 Å². The van der Waals surface area contributed by atoms with Gasteiger partial charge in [-0.2, -0.15) is 5.10 Å². The minimum atomic E-state index is -0.279. The summed E-state index contributed by atoms with van der Waals surface area (Å²) < 4.78 is 15.0. The highest BCUT2D eigenvalue weighted by atomic mass is 32.1.